The van der Waals surface area contributed by atoms with Gasteiger partial charge in [-0.3, -0.25) is 14.2 Å². The number of fused-ring (bicyclic) bond motifs is 2. The second-order valence-electron chi connectivity index (χ2n) is 14.2. The Morgan fingerprint density at radius 1 is 0.721 bits per heavy atom. The first kappa shape index (κ1) is 53.1. The molecule has 2 aromatic carbocycles. The number of carbonyl (C=O) groups excluding carboxylic acids is 2. The highest BCUT2D eigenvalue weighted by molar-refractivity contribution is 7.84. The van der Waals surface area contributed by atoms with Gasteiger partial charge in [-0.1, -0.05) is 47.5 Å². The molecule has 8 rings (SSSR count). The monoisotopic (exact) mass is 1030 g/mol. The van der Waals surface area contributed by atoms with Gasteiger partial charge in [0.05, 0.1) is 71.5 Å². The van der Waals surface area contributed by atoms with Crippen molar-refractivity contribution in [3.05, 3.63) is 140 Å². The number of pyridine rings is 2. The normalized spacial score (nSPS) is 12.3. The van der Waals surface area contributed by atoms with E-state index in [4.69, 9.17) is 65.4 Å². The minimum absolute atomic E-state index is 0.128. The summed E-state index contributed by atoms with van der Waals surface area (Å²) in [4.78, 5) is 52.2. The van der Waals surface area contributed by atoms with Crippen molar-refractivity contribution in [1.82, 2.24) is 35.2 Å². The van der Waals surface area contributed by atoms with Crippen molar-refractivity contribution in [2.45, 2.75) is 58.3 Å². The van der Waals surface area contributed by atoms with E-state index in [1.54, 1.807) is 45.4 Å². The maximum absolute atomic E-state index is 12.4. The van der Waals surface area contributed by atoms with Crippen LogP contribution in [0.5, 0.6) is 11.5 Å². The Labute approximate surface area is 417 Å². The molecule has 4 aromatic heterocycles. The first-order valence-electron chi connectivity index (χ1n) is 20.9. The van der Waals surface area contributed by atoms with Gasteiger partial charge in [0.1, 0.15) is 34.3 Å². The van der Waals surface area contributed by atoms with Crippen LogP contribution in [-0.4, -0.2) is 85.1 Å². The van der Waals surface area contributed by atoms with Gasteiger partial charge < -0.3 is 39.8 Å². The fourth-order valence-electron chi connectivity index (χ4n) is 6.47. The van der Waals surface area contributed by atoms with Crippen molar-refractivity contribution in [2.75, 3.05) is 54.6 Å². The number of ether oxygens (including phenoxy) is 4. The topological polar surface area (TPSA) is 205 Å². The van der Waals surface area contributed by atoms with Crippen LogP contribution in [0, 0.1) is 0 Å². The number of alkyl halides is 2. The van der Waals surface area contributed by atoms with Crippen LogP contribution in [-0.2, 0) is 59.5 Å². The fraction of sp³-hybridized carbons (Fsp3) is 0.304. The van der Waals surface area contributed by atoms with E-state index in [1.807, 2.05) is 47.5 Å². The van der Waals surface area contributed by atoms with Crippen molar-refractivity contribution in [3.8, 4) is 11.5 Å². The highest BCUT2D eigenvalue weighted by Gasteiger charge is 2.25. The molecule has 6 aromatic rings. The number of benzene rings is 2. The number of aromatic nitrogens is 6. The lowest BCUT2D eigenvalue weighted by atomic mass is 10.2. The second-order valence-corrected chi connectivity index (χ2v) is 17.1. The summed E-state index contributed by atoms with van der Waals surface area (Å²) in [6.45, 7) is 7.93. The van der Waals surface area contributed by atoms with Crippen molar-refractivity contribution in [3.63, 3.8) is 0 Å². The van der Waals surface area contributed by atoms with Crippen LogP contribution in [0.3, 0.4) is 0 Å². The zero-order valence-corrected chi connectivity index (χ0v) is 41.7. The summed E-state index contributed by atoms with van der Waals surface area (Å²) in [5.74, 6) is 1.32. The van der Waals surface area contributed by atoms with E-state index in [-0.39, 0.29) is 40.7 Å². The van der Waals surface area contributed by atoms with E-state index in [1.165, 1.54) is 37.0 Å². The SMILES string of the molecule is CCOC(=O)c1cnc(N2Cc3cccnc3C2)nc1NCc1ccc(OC)c(Cl)c1.CCOC(=O)c1cnc(S(C)=O)nc1NCc1ccc(OC)c(Cl)c1.ClCCl.c1cnc2c(c1)CNC2. The molecule has 2 aliphatic rings. The molecule has 0 fully saturated rings. The molecule has 17 nitrogen and oxygen atoms in total. The van der Waals surface area contributed by atoms with E-state index >= 15 is 0 Å². The molecular weight excluding hydrogens is 978 g/mol. The molecule has 1 atom stereocenters. The molecule has 0 saturated carbocycles. The van der Waals surface area contributed by atoms with Crippen molar-refractivity contribution in [2.24, 2.45) is 0 Å². The Balaban J connectivity index is 0.000000207. The molecule has 0 aliphatic carbocycles. The number of methoxy groups -OCH3 is 2. The van der Waals surface area contributed by atoms with Crippen molar-refractivity contribution < 1.29 is 32.7 Å². The second kappa shape index (κ2) is 27.2. The van der Waals surface area contributed by atoms with Crippen LogP contribution in [0.4, 0.5) is 17.6 Å². The molecule has 6 heterocycles. The first-order valence-corrected chi connectivity index (χ1v) is 24.3. The lowest BCUT2D eigenvalue weighted by Crippen LogP contribution is -2.20. The van der Waals surface area contributed by atoms with Crippen LogP contribution in [0.15, 0.2) is 90.6 Å². The molecule has 3 N–H and O–H groups in total. The summed E-state index contributed by atoms with van der Waals surface area (Å²) in [6, 6.07) is 18.9. The minimum Gasteiger partial charge on any atom is -0.495 e. The van der Waals surface area contributed by atoms with E-state index in [0.717, 1.165) is 35.5 Å². The predicted molar refractivity (Wildman–Crippen MR) is 264 cm³/mol. The first-order chi connectivity index (χ1) is 32.9. The number of halogens is 4. The average molecular weight is 1030 g/mol. The molecule has 1 unspecified atom stereocenters. The summed E-state index contributed by atoms with van der Waals surface area (Å²) in [5, 5.41) is 10.8. The van der Waals surface area contributed by atoms with Crippen molar-refractivity contribution in [1.29, 1.82) is 0 Å². The van der Waals surface area contributed by atoms with Gasteiger partial charge in [-0.25, -0.2) is 24.5 Å². The lowest BCUT2D eigenvalue weighted by Gasteiger charge is -2.18. The molecule has 68 heavy (non-hydrogen) atoms. The molecule has 0 saturated heterocycles. The fourth-order valence-corrected chi connectivity index (χ4v) is 7.46. The number of rotatable bonds is 14. The van der Waals surface area contributed by atoms with Gasteiger partial charge in [0.25, 0.3) is 0 Å². The smallest absolute Gasteiger partial charge is 0.343 e. The van der Waals surface area contributed by atoms with E-state index in [9.17, 15) is 13.8 Å². The molecule has 0 spiro atoms. The third-order valence-electron chi connectivity index (χ3n) is 9.70. The van der Waals surface area contributed by atoms with Crippen LogP contribution in [0.1, 0.15) is 68.2 Å². The highest BCUT2D eigenvalue weighted by atomic mass is 35.5. The third kappa shape index (κ3) is 15.1. The van der Waals surface area contributed by atoms with Crippen LogP contribution in [0.25, 0.3) is 0 Å². The molecule has 0 bridgehead atoms. The van der Waals surface area contributed by atoms with Crippen molar-refractivity contribution >= 4 is 86.7 Å². The zero-order valence-electron chi connectivity index (χ0n) is 37.9. The molecule has 360 valence electrons. The number of nitrogens with zero attached hydrogens (tertiary/aromatic N) is 7. The average Bonchev–Trinajstić information content (AvgIpc) is 4.02. The van der Waals surface area contributed by atoms with E-state index in [0.29, 0.717) is 59.5 Å². The molecule has 0 amide bonds. The number of esters is 2. The molecule has 0 radical (unpaired) electrons. The lowest BCUT2D eigenvalue weighted by molar-refractivity contribution is 0.0516. The third-order valence-corrected chi connectivity index (χ3v) is 11.0. The van der Waals surface area contributed by atoms with Gasteiger partial charge in [0.15, 0.2) is 0 Å². The molecular formula is C46H50Cl4N10O7S. The van der Waals surface area contributed by atoms with Gasteiger partial charge in [-0.15, -0.1) is 23.2 Å². The largest absolute Gasteiger partial charge is 0.495 e. The number of hydrogen-bond acceptors (Lipinski definition) is 17. The quantitative estimate of drug-likeness (QED) is 0.0531. The van der Waals surface area contributed by atoms with Gasteiger partial charge in [0, 0.05) is 63.8 Å². The standard InChI is InChI=1S/C22H22ClN5O3.C16H18ClN3O4S.C7H8N2.CH2Cl2/c1-3-31-21(29)16-11-26-22(28-12-15-5-4-8-24-18(15)13-28)27-20(16)25-10-14-6-7-19(30-2)17(23)9-14;1-4-24-15(21)11-9-19-16(25(3)22)20-14(11)18-8-10-5-6-13(23-2)12(17)7-10;1-2-6-4-8-5-7(6)9-3-1;2-1-3/h4-9,11H,3,10,12-13H2,1-2H3,(H,25,26,27);5-7,9H,4,8H2,1-3H3,(H,18,19,20);1-3,8H,4-5H2;1H2. The maximum Gasteiger partial charge on any atom is 0.343 e. The van der Waals surface area contributed by atoms with E-state index < -0.39 is 22.7 Å². The highest BCUT2D eigenvalue weighted by Crippen LogP contribution is 2.29. The van der Waals surface area contributed by atoms with Crippen LogP contribution < -0.4 is 30.3 Å². The number of anilines is 3. The van der Waals surface area contributed by atoms with E-state index in [2.05, 4.69) is 51.9 Å². The van der Waals surface area contributed by atoms with Gasteiger partial charge in [-0.05, 0) is 72.5 Å². The number of nitrogens with one attached hydrogen (secondary N) is 3. The minimum atomic E-state index is -1.37. The number of carbonyl (C=O) groups is 2. The summed E-state index contributed by atoms with van der Waals surface area (Å²) in [5.41, 5.74) is 6.92. The maximum atomic E-state index is 12.4. The van der Waals surface area contributed by atoms with Crippen LogP contribution >= 0.6 is 46.4 Å². The number of hydrogen-bond donors (Lipinski definition) is 3. The van der Waals surface area contributed by atoms with Gasteiger partial charge in [-0.2, -0.15) is 4.98 Å². The Morgan fingerprint density at radius 3 is 1.75 bits per heavy atom. The Bertz CT molecular complexity index is 2620. The molecule has 22 heteroatoms. The Kier molecular flexibility index (Phi) is 21.2. The summed E-state index contributed by atoms with van der Waals surface area (Å²) < 4.78 is 32.1. The Hall–Kier alpha value is -5.89. The van der Waals surface area contributed by atoms with Crippen LogP contribution in [0.2, 0.25) is 10.0 Å². The molecule has 2 aliphatic heterocycles. The van der Waals surface area contributed by atoms with Gasteiger partial charge >= 0.3 is 11.9 Å². The summed E-state index contributed by atoms with van der Waals surface area (Å²) in [6.07, 6.45) is 7.89. The van der Waals surface area contributed by atoms with Gasteiger partial charge in [0.2, 0.25) is 11.1 Å². The summed E-state index contributed by atoms with van der Waals surface area (Å²) >= 11 is 21.9. The summed E-state index contributed by atoms with van der Waals surface area (Å²) in [7, 11) is 1.74. The zero-order chi connectivity index (χ0) is 49.0. The predicted octanol–water partition coefficient (Wildman–Crippen LogP) is 8.61. The Morgan fingerprint density at radius 2 is 1.25 bits per heavy atom.